The Morgan fingerprint density at radius 2 is 1.91 bits per heavy atom. The van der Waals surface area contributed by atoms with Gasteiger partial charge in [-0.15, -0.1) is 0 Å². The first-order valence-electron chi connectivity index (χ1n) is 5.61. The quantitative estimate of drug-likeness (QED) is 0.629. The van der Waals surface area contributed by atoms with E-state index in [9.17, 15) is 32.3 Å². The fraction of sp³-hybridized carbons (Fsp3) is 0.400. The predicted octanol–water partition coefficient (Wildman–Crippen LogP) is -0.460. The number of carbonyl (C=O) groups is 2. The van der Waals surface area contributed by atoms with Crippen LogP contribution in [0.25, 0.3) is 0 Å². The Balaban J connectivity index is 2.77. The van der Waals surface area contributed by atoms with Crippen LogP contribution in [0.2, 0.25) is 0 Å². The van der Waals surface area contributed by atoms with Crippen LogP contribution in [0.15, 0.2) is 15.8 Å². The van der Waals surface area contributed by atoms with Crippen LogP contribution in [0.5, 0.6) is 0 Å². The van der Waals surface area contributed by atoms with E-state index in [0.717, 1.165) is 4.57 Å². The lowest BCUT2D eigenvalue weighted by molar-refractivity contribution is -0.124. The molecular formula is C10H10F3IN4O4. The Morgan fingerprint density at radius 1 is 1.32 bits per heavy atom. The summed E-state index contributed by atoms with van der Waals surface area (Å²) in [6.45, 7) is -2.40. The van der Waals surface area contributed by atoms with Gasteiger partial charge >= 0.3 is 17.9 Å². The molecule has 8 nitrogen and oxygen atoms in total. The molecule has 0 bridgehead atoms. The molecule has 0 aliphatic carbocycles. The van der Waals surface area contributed by atoms with Gasteiger partial charge in [0, 0.05) is 13.2 Å². The maximum absolute atomic E-state index is 11.9. The number of aromatic nitrogens is 2. The lowest BCUT2D eigenvalue weighted by Gasteiger charge is -2.10. The van der Waals surface area contributed by atoms with Crippen LogP contribution in [0.3, 0.4) is 0 Å². The first-order chi connectivity index (χ1) is 10.0. The van der Waals surface area contributed by atoms with Crippen molar-refractivity contribution >= 4 is 34.5 Å². The van der Waals surface area contributed by atoms with Crippen LogP contribution >= 0.6 is 22.6 Å². The molecule has 0 saturated carbocycles. The second-order valence-corrected chi connectivity index (χ2v) is 5.27. The first kappa shape index (κ1) is 18.2. The van der Waals surface area contributed by atoms with E-state index in [1.807, 2.05) is 0 Å². The van der Waals surface area contributed by atoms with E-state index in [1.54, 1.807) is 27.9 Å². The molecular weight excluding hydrogens is 424 g/mol. The molecule has 1 rings (SSSR count). The highest BCUT2D eigenvalue weighted by atomic mass is 127. The van der Waals surface area contributed by atoms with E-state index >= 15 is 0 Å². The van der Waals surface area contributed by atoms with Gasteiger partial charge in [0.1, 0.15) is 13.1 Å². The summed E-state index contributed by atoms with van der Waals surface area (Å²) in [7, 11) is 1.36. The molecule has 1 heterocycles. The number of nitrogens with zero attached hydrogens (tertiary/aromatic N) is 2. The third-order valence-electron chi connectivity index (χ3n) is 2.29. The smallest absolute Gasteiger partial charge is 0.329 e. The Kier molecular flexibility index (Phi) is 5.73. The zero-order chi connectivity index (χ0) is 17.1. The van der Waals surface area contributed by atoms with Crippen molar-refractivity contribution in [3.63, 3.8) is 0 Å². The Bertz CT molecular complexity index is 675. The van der Waals surface area contributed by atoms with Crippen molar-refractivity contribution in [3.05, 3.63) is 30.6 Å². The van der Waals surface area contributed by atoms with Crippen molar-refractivity contribution in [2.45, 2.75) is 12.7 Å². The molecule has 1 aromatic heterocycles. The summed E-state index contributed by atoms with van der Waals surface area (Å²) in [5.41, 5.74) is -1.54. The van der Waals surface area contributed by atoms with Crippen molar-refractivity contribution in [2.75, 3.05) is 6.54 Å². The van der Waals surface area contributed by atoms with Crippen LogP contribution in [-0.4, -0.2) is 33.8 Å². The molecule has 0 spiro atoms. The highest BCUT2D eigenvalue weighted by Crippen LogP contribution is 2.11. The topological polar surface area (TPSA) is 102 Å². The summed E-state index contributed by atoms with van der Waals surface area (Å²) in [4.78, 5) is 46.0. The highest BCUT2D eigenvalue weighted by molar-refractivity contribution is 14.1. The van der Waals surface area contributed by atoms with E-state index in [-0.39, 0.29) is 3.57 Å². The summed E-state index contributed by atoms with van der Waals surface area (Å²) in [6, 6.07) is -1.38. The number of imide groups is 1. The molecule has 1 aromatic rings. The van der Waals surface area contributed by atoms with Gasteiger partial charge in [0.25, 0.3) is 5.56 Å². The molecule has 122 valence electrons. The average molecular weight is 434 g/mol. The van der Waals surface area contributed by atoms with Gasteiger partial charge in [0.2, 0.25) is 5.91 Å². The third-order valence-corrected chi connectivity index (χ3v) is 3.03. The highest BCUT2D eigenvalue weighted by Gasteiger charge is 2.28. The molecule has 12 heteroatoms. The van der Waals surface area contributed by atoms with Crippen molar-refractivity contribution in [1.82, 2.24) is 19.8 Å². The monoisotopic (exact) mass is 434 g/mol. The van der Waals surface area contributed by atoms with Gasteiger partial charge in [-0.2, -0.15) is 13.2 Å². The summed E-state index contributed by atoms with van der Waals surface area (Å²) in [5.74, 6) is -1.10. The molecule has 3 amide bonds. The molecule has 0 radical (unpaired) electrons. The maximum Gasteiger partial charge on any atom is 0.405 e. The fourth-order valence-corrected chi connectivity index (χ4v) is 2.07. The molecule has 0 aromatic carbocycles. The Morgan fingerprint density at radius 3 is 2.45 bits per heavy atom. The number of halogens is 4. The number of nitrogens with one attached hydrogen (secondary N) is 2. The van der Waals surface area contributed by atoms with Gasteiger partial charge in [0.05, 0.1) is 3.57 Å². The molecule has 0 unspecified atom stereocenters. The van der Waals surface area contributed by atoms with E-state index in [1.165, 1.54) is 18.6 Å². The Labute approximate surface area is 134 Å². The normalized spacial score (nSPS) is 11.1. The molecule has 2 N–H and O–H groups in total. The van der Waals surface area contributed by atoms with Gasteiger partial charge in [-0.3, -0.25) is 14.9 Å². The summed E-state index contributed by atoms with van der Waals surface area (Å²) >= 11 is 1.66. The second kappa shape index (κ2) is 6.93. The van der Waals surface area contributed by atoms with Gasteiger partial charge < -0.3 is 9.88 Å². The number of rotatable bonds is 3. The molecule has 0 aliphatic rings. The second-order valence-electron chi connectivity index (χ2n) is 4.11. The minimum Gasteiger partial charge on any atom is -0.329 e. The fourth-order valence-electron chi connectivity index (χ4n) is 1.36. The van der Waals surface area contributed by atoms with Gasteiger partial charge in [-0.05, 0) is 22.6 Å². The van der Waals surface area contributed by atoms with Gasteiger partial charge in [0.15, 0.2) is 0 Å². The van der Waals surface area contributed by atoms with Gasteiger partial charge in [-0.1, -0.05) is 0 Å². The summed E-state index contributed by atoms with van der Waals surface area (Å²) in [6.07, 6.45) is -3.36. The molecule has 22 heavy (non-hydrogen) atoms. The number of hydrogen-bond acceptors (Lipinski definition) is 4. The van der Waals surface area contributed by atoms with E-state index in [4.69, 9.17) is 0 Å². The van der Waals surface area contributed by atoms with E-state index in [2.05, 4.69) is 0 Å². The predicted molar refractivity (Wildman–Crippen MR) is 76.3 cm³/mol. The summed E-state index contributed by atoms with van der Waals surface area (Å²) < 4.78 is 37.4. The molecule has 0 aliphatic heterocycles. The van der Waals surface area contributed by atoms with Crippen LogP contribution in [0.1, 0.15) is 0 Å². The summed E-state index contributed by atoms with van der Waals surface area (Å²) in [5, 5.41) is 3.02. The van der Waals surface area contributed by atoms with Crippen molar-refractivity contribution < 1.29 is 22.8 Å². The number of hydrogen-bond donors (Lipinski definition) is 2. The van der Waals surface area contributed by atoms with Crippen molar-refractivity contribution in [3.8, 4) is 0 Å². The van der Waals surface area contributed by atoms with Crippen LogP contribution in [-0.2, 0) is 18.4 Å². The first-order valence-corrected chi connectivity index (χ1v) is 6.69. The number of urea groups is 1. The van der Waals surface area contributed by atoms with Crippen LogP contribution in [0.4, 0.5) is 18.0 Å². The maximum atomic E-state index is 11.9. The minimum absolute atomic E-state index is 0.161. The van der Waals surface area contributed by atoms with Crippen molar-refractivity contribution in [2.24, 2.45) is 7.05 Å². The number of alkyl halides is 3. The van der Waals surface area contributed by atoms with Crippen LogP contribution < -0.4 is 21.9 Å². The third kappa shape index (κ3) is 5.16. The van der Waals surface area contributed by atoms with E-state index in [0.29, 0.717) is 4.57 Å². The van der Waals surface area contributed by atoms with Crippen molar-refractivity contribution in [1.29, 1.82) is 0 Å². The average Bonchev–Trinajstić information content (AvgIpc) is 2.38. The Hall–Kier alpha value is -1.86. The van der Waals surface area contributed by atoms with E-state index < -0.39 is 42.5 Å². The zero-order valence-electron chi connectivity index (χ0n) is 11.0. The standard InChI is InChI=1S/C10H10F3IN4O4/c1-17-2-5(14)7(20)18(9(17)22)3-6(19)16-8(21)15-4-10(11,12)13/h2H,3-4H2,1H3,(H2,15,16,19,21). The molecule has 0 saturated heterocycles. The lowest BCUT2D eigenvalue weighted by Crippen LogP contribution is -2.48. The lowest BCUT2D eigenvalue weighted by atomic mass is 10.5. The molecule has 0 atom stereocenters. The minimum atomic E-state index is -4.62. The molecule has 0 fully saturated rings. The van der Waals surface area contributed by atoms with Crippen LogP contribution in [0, 0.1) is 3.57 Å². The number of aryl methyl sites for hydroxylation is 1. The SMILES string of the molecule is Cn1cc(I)c(=O)n(CC(=O)NC(=O)NCC(F)(F)F)c1=O. The number of amides is 3. The zero-order valence-corrected chi connectivity index (χ0v) is 13.2. The number of carbonyl (C=O) groups excluding carboxylic acids is 2. The van der Waals surface area contributed by atoms with Gasteiger partial charge in [-0.25, -0.2) is 14.2 Å². The largest absolute Gasteiger partial charge is 0.405 e.